The summed E-state index contributed by atoms with van der Waals surface area (Å²) in [6.45, 7) is 3.44. The quantitative estimate of drug-likeness (QED) is 0.174. The van der Waals surface area contributed by atoms with Crippen molar-refractivity contribution in [3.8, 4) is 0 Å². The summed E-state index contributed by atoms with van der Waals surface area (Å²) in [5, 5.41) is 0. The number of hydrogen-bond acceptors (Lipinski definition) is 5. The zero-order chi connectivity index (χ0) is 19.2. The number of hydrogen-bond donors (Lipinski definition) is 0. The van der Waals surface area contributed by atoms with Crippen molar-refractivity contribution in [2.24, 2.45) is 0 Å². The summed E-state index contributed by atoms with van der Waals surface area (Å²) in [6, 6.07) is 0. The van der Waals surface area contributed by atoms with Crippen LogP contribution in [0, 0.1) is 0 Å². The molecule has 2 saturated heterocycles. The van der Waals surface area contributed by atoms with E-state index in [1.165, 1.54) is 51.4 Å². The summed E-state index contributed by atoms with van der Waals surface area (Å²) in [6.07, 6.45) is 18.8. The first-order chi connectivity index (χ1) is 13.3. The number of esters is 1. The first-order valence-corrected chi connectivity index (χ1v) is 10.9. The Morgan fingerprint density at radius 3 is 2.56 bits per heavy atom. The van der Waals surface area contributed by atoms with Crippen LogP contribution in [0.1, 0.15) is 84.0 Å². The van der Waals surface area contributed by atoms with Crippen LogP contribution in [0.5, 0.6) is 0 Å². The van der Waals surface area contributed by atoms with Gasteiger partial charge in [0.05, 0.1) is 25.4 Å². The van der Waals surface area contributed by atoms with Gasteiger partial charge in [0.25, 0.3) is 0 Å². The van der Waals surface area contributed by atoms with Gasteiger partial charge in [0.2, 0.25) is 0 Å². The van der Waals surface area contributed by atoms with Gasteiger partial charge >= 0.3 is 5.97 Å². The molecule has 0 aromatic carbocycles. The zero-order valence-electron chi connectivity index (χ0n) is 17.0. The molecule has 27 heavy (non-hydrogen) atoms. The molecule has 2 rings (SSSR count). The van der Waals surface area contributed by atoms with Crippen LogP contribution < -0.4 is 0 Å². The van der Waals surface area contributed by atoms with Crippen molar-refractivity contribution in [3.63, 3.8) is 0 Å². The minimum absolute atomic E-state index is 0.133. The van der Waals surface area contributed by atoms with Crippen molar-refractivity contribution in [1.29, 1.82) is 0 Å². The van der Waals surface area contributed by atoms with E-state index in [0.717, 1.165) is 19.3 Å². The third-order valence-electron chi connectivity index (χ3n) is 5.14. The maximum Gasteiger partial charge on any atom is 0.306 e. The van der Waals surface area contributed by atoms with Gasteiger partial charge in [-0.25, -0.2) is 0 Å². The fourth-order valence-electron chi connectivity index (χ4n) is 3.43. The molecule has 156 valence electrons. The smallest absolute Gasteiger partial charge is 0.306 e. The molecule has 0 N–H and O–H groups in total. The number of epoxide rings is 1. The Labute approximate surface area is 164 Å². The highest BCUT2D eigenvalue weighted by Crippen LogP contribution is 2.30. The van der Waals surface area contributed by atoms with Gasteiger partial charge < -0.3 is 18.9 Å². The molecule has 2 aliphatic rings. The van der Waals surface area contributed by atoms with Crippen LogP contribution in [-0.4, -0.2) is 44.3 Å². The number of allylic oxidation sites excluding steroid dienone is 1. The van der Waals surface area contributed by atoms with Gasteiger partial charge in [-0.15, -0.1) is 0 Å². The number of rotatable bonds is 15. The SMILES string of the molecule is CCCCC/C=C\CC1OC1CCCCCCCC(=O)OC1COCOC1. The summed E-state index contributed by atoms with van der Waals surface area (Å²) in [5.41, 5.74) is 0. The molecule has 5 heteroatoms. The van der Waals surface area contributed by atoms with Crippen molar-refractivity contribution in [2.75, 3.05) is 20.0 Å². The molecule has 0 bridgehead atoms. The molecule has 2 heterocycles. The first kappa shape index (κ1) is 22.4. The largest absolute Gasteiger partial charge is 0.457 e. The Kier molecular flexibility index (Phi) is 11.7. The fraction of sp³-hybridized carbons (Fsp3) is 0.864. The standard InChI is InChI=1S/C22H38O5/c1-2-3-4-5-7-10-13-20-21(27-20)14-11-8-6-9-12-15-22(23)26-19-16-24-18-25-17-19/h7,10,19-21H,2-6,8-9,11-18H2,1H3/b10-7-. The highest BCUT2D eigenvalue weighted by molar-refractivity contribution is 5.69. The van der Waals surface area contributed by atoms with Crippen LogP contribution in [0.4, 0.5) is 0 Å². The van der Waals surface area contributed by atoms with Crippen molar-refractivity contribution >= 4 is 5.97 Å². The summed E-state index contributed by atoms with van der Waals surface area (Å²) in [4.78, 5) is 11.7. The molecule has 0 amide bonds. The fourth-order valence-corrected chi connectivity index (χ4v) is 3.43. The van der Waals surface area contributed by atoms with Crippen LogP contribution in [0.15, 0.2) is 12.2 Å². The van der Waals surface area contributed by atoms with E-state index in [2.05, 4.69) is 19.1 Å². The Hall–Kier alpha value is -0.910. The monoisotopic (exact) mass is 382 g/mol. The second-order valence-electron chi connectivity index (χ2n) is 7.69. The number of ether oxygens (including phenoxy) is 4. The topological polar surface area (TPSA) is 57.3 Å². The molecule has 0 saturated carbocycles. The molecule has 0 radical (unpaired) electrons. The predicted octanol–water partition coefficient (Wildman–Crippen LogP) is 4.93. The summed E-state index contributed by atoms with van der Waals surface area (Å²) in [5.74, 6) is -0.133. The van der Waals surface area contributed by atoms with Gasteiger partial charge in [-0.2, -0.15) is 0 Å². The van der Waals surface area contributed by atoms with Crippen molar-refractivity contribution in [2.45, 2.75) is 102 Å². The van der Waals surface area contributed by atoms with Crippen LogP contribution in [0.2, 0.25) is 0 Å². The van der Waals surface area contributed by atoms with Gasteiger partial charge in [0.15, 0.2) is 0 Å². The Balaban J connectivity index is 1.33. The maximum absolute atomic E-state index is 11.7. The summed E-state index contributed by atoms with van der Waals surface area (Å²) < 4.78 is 21.3. The van der Waals surface area contributed by atoms with Crippen molar-refractivity contribution < 1.29 is 23.7 Å². The molecule has 2 fully saturated rings. The van der Waals surface area contributed by atoms with E-state index in [1.807, 2.05) is 0 Å². The van der Waals surface area contributed by atoms with E-state index < -0.39 is 0 Å². The lowest BCUT2D eigenvalue weighted by molar-refractivity contribution is -0.183. The van der Waals surface area contributed by atoms with Crippen molar-refractivity contribution in [3.05, 3.63) is 12.2 Å². The molecule has 0 aromatic heterocycles. The Bertz CT molecular complexity index is 417. The van der Waals surface area contributed by atoms with Gasteiger partial charge in [-0.3, -0.25) is 4.79 Å². The highest BCUT2D eigenvalue weighted by Gasteiger charge is 2.36. The number of carbonyl (C=O) groups excluding carboxylic acids is 1. The van der Waals surface area contributed by atoms with E-state index >= 15 is 0 Å². The van der Waals surface area contributed by atoms with Crippen LogP contribution in [0.3, 0.4) is 0 Å². The lowest BCUT2D eigenvalue weighted by atomic mass is 10.1. The molecule has 2 unspecified atom stereocenters. The lowest BCUT2D eigenvalue weighted by Gasteiger charge is -2.22. The van der Waals surface area contributed by atoms with Crippen LogP contribution in [-0.2, 0) is 23.7 Å². The second-order valence-corrected chi connectivity index (χ2v) is 7.69. The number of unbranched alkanes of at least 4 members (excludes halogenated alkanes) is 7. The second kappa shape index (κ2) is 14.1. The maximum atomic E-state index is 11.7. The Morgan fingerprint density at radius 1 is 0.963 bits per heavy atom. The van der Waals surface area contributed by atoms with E-state index in [-0.39, 0.29) is 12.1 Å². The number of carbonyl (C=O) groups is 1. The van der Waals surface area contributed by atoms with E-state index in [9.17, 15) is 4.79 Å². The minimum Gasteiger partial charge on any atom is -0.457 e. The van der Waals surface area contributed by atoms with Gasteiger partial charge in [0.1, 0.15) is 12.9 Å². The first-order valence-electron chi connectivity index (χ1n) is 10.9. The predicted molar refractivity (Wildman–Crippen MR) is 106 cm³/mol. The van der Waals surface area contributed by atoms with E-state index in [1.54, 1.807) is 0 Å². The molecular formula is C22H38O5. The van der Waals surface area contributed by atoms with Crippen LogP contribution in [0.25, 0.3) is 0 Å². The van der Waals surface area contributed by atoms with E-state index in [4.69, 9.17) is 18.9 Å². The molecule has 0 aliphatic carbocycles. The van der Waals surface area contributed by atoms with Crippen molar-refractivity contribution in [1.82, 2.24) is 0 Å². The minimum atomic E-state index is -0.232. The average molecular weight is 383 g/mol. The molecule has 0 aromatic rings. The zero-order valence-corrected chi connectivity index (χ0v) is 17.0. The molecular weight excluding hydrogens is 344 g/mol. The molecule has 0 spiro atoms. The third-order valence-corrected chi connectivity index (χ3v) is 5.14. The van der Waals surface area contributed by atoms with Gasteiger partial charge in [-0.1, -0.05) is 57.6 Å². The van der Waals surface area contributed by atoms with Gasteiger partial charge in [-0.05, 0) is 32.1 Å². The molecule has 2 atom stereocenters. The molecule has 2 aliphatic heterocycles. The van der Waals surface area contributed by atoms with E-state index in [0.29, 0.717) is 38.6 Å². The summed E-state index contributed by atoms with van der Waals surface area (Å²) in [7, 11) is 0. The van der Waals surface area contributed by atoms with Gasteiger partial charge in [0, 0.05) is 6.42 Å². The normalized spacial score (nSPS) is 23.0. The third kappa shape index (κ3) is 10.9. The average Bonchev–Trinajstić information content (AvgIpc) is 3.43. The summed E-state index contributed by atoms with van der Waals surface area (Å²) >= 11 is 0. The highest BCUT2D eigenvalue weighted by atomic mass is 16.7. The Morgan fingerprint density at radius 2 is 1.74 bits per heavy atom. The molecule has 5 nitrogen and oxygen atoms in total. The lowest BCUT2D eigenvalue weighted by Crippen LogP contribution is -2.33. The van der Waals surface area contributed by atoms with Crippen LogP contribution >= 0.6 is 0 Å².